The topological polar surface area (TPSA) is 37.3 Å². The van der Waals surface area contributed by atoms with Gasteiger partial charge < -0.3 is 14.5 Å². The van der Waals surface area contributed by atoms with Gasteiger partial charge in [-0.3, -0.25) is 4.90 Å². The Hall–Kier alpha value is -1.75. The first-order valence-electron chi connectivity index (χ1n) is 9.10. The number of benzene rings is 1. The second-order valence-corrected chi connectivity index (χ2v) is 6.86. The molecule has 0 N–H and O–H groups in total. The van der Waals surface area contributed by atoms with Gasteiger partial charge in [-0.15, -0.1) is 0 Å². The molecule has 1 aromatic rings. The van der Waals surface area contributed by atoms with Crippen molar-refractivity contribution in [2.75, 3.05) is 37.6 Å². The Morgan fingerprint density at radius 3 is 2.62 bits per heavy atom. The van der Waals surface area contributed by atoms with E-state index in [9.17, 15) is 0 Å². The van der Waals surface area contributed by atoms with Crippen molar-refractivity contribution in [1.29, 1.82) is 0 Å². The minimum Gasteiger partial charge on any atom is -0.489 e. The Kier molecular flexibility index (Phi) is 5.61. The summed E-state index contributed by atoms with van der Waals surface area (Å²) in [5.74, 6) is 0.987. The van der Waals surface area contributed by atoms with E-state index in [1.807, 2.05) is 6.07 Å². The molecule has 0 amide bonds. The Morgan fingerprint density at radius 2 is 1.96 bits per heavy atom. The van der Waals surface area contributed by atoms with Crippen LogP contribution in [-0.2, 0) is 4.84 Å². The number of hydrogen-bond donors (Lipinski definition) is 0. The van der Waals surface area contributed by atoms with Crippen molar-refractivity contribution >= 4 is 11.4 Å². The van der Waals surface area contributed by atoms with Gasteiger partial charge in [-0.05, 0) is 32.4 Å². The number of anilines is 1. The molecule has 0 spiro atoms. The molecule has 132 valence electrons. The average Bonchev–Trinajstić information content (AvgIpc) is 3.03. The number of nitrogens with zero attached hydrogens (tertiary/aromatic N) is 3. The van der Waals surface area contributed by atoms with Crippen LogP contribution in [0, 0.1) is 0 Å². The molecule has 1 aromatic carbocycles. The van der Waals surface area contributed by atoms with E-state index < -0.39 is 0 Å². The monoisotopic (exact) mass is 331 g/mol. The van der Waals surface area contributed by atoms with Gasteiger partial charge in [-0.2, -0.15) is 0 Å². The van der Waals surface area contributed by atoms with Crippen molar-refractivity contribution < 1.29 is 9.57 Å². The molecule has 5 heteroatoms. The number of piperazine rings is 1. The summed E-state index contributed by atoms with van der Waals surface area (Å²) in [5, 5.41) is 4.17. The van der Waals surface area contributed by atoms with Crippen LogP contribution < -0.4 is 9.64 Å². The minimum atomic E-state index is 0.194. The Balaban J connectivity index is 1.52. The molecule has 1 fully saturated rings. The van der Waals surface area contributed by atoms with Crippen molar-refractivity contribution in [3.05, 3.63) is 24.3 Å². The minimum absolute atomic E-state index is 0.194. The van der Waals surface area contributed by atoms with Crippen molar-refractivity contribution in [1.82, 2.24) is 4.90 Å². The van der Waals surface area contributed by atoms with Crippen LogP contribution >= 0.6 is 0 Å². The molecular weight excluding hydrogens is 302 g/mol. The smallest absolute Gasteiger partial charge is 0.145 e. The normalized spacial score (nSPS) is 21.8. The number of oxime groups is 1. The Labute approximate surface area is 145 Å². The van der Waals surface area contributed by atoms with Gasteiger partial charge in [0, 0.05) is 39.1 Å². The SMILES string of the molecule is CCC1=NOC(CN2CCN(c3ccccc3OC(C)C)CC2)C1. The third-order valence-electron chi connectivity index (χ3n) is 4.61. The van der Waals surface area contributed by atoms with E-state index in [2.05, 4.69) is 53.9 Å². The van der Waals surface area contributed by atoms with Crippen LogP contribution in [0.15, 0.2) is 29.4 Å². The quantitative estimate of drug-likeness (QED) is 0.802. The van der Waals surface area contributed by atoms with Gasteiger partial charge >= 0.3 is 0 Å². The third kappa shape index (κ3) is 4.20. The lowest BCUT2D eigenvalue weighted by Crippen LogP contribution is -2.48. The summed E-state index contributed by atoms with van der Waals surface area (Å²) in [6.45, 7) is 11.4. The van der Waals surface area contributed by atoms with E-state index in [4.69, 9.17) is 9.57 Å². The van der Waals surface area contributed by atoms with Gasteiger partial charge in [0.25, 0.3) is 0 Å². The second-order valence-electron chi connectivity index (χ2n) is 6.86. The summed E-state index contributed by atoms with van der Waals surface area (Å²) >= 11 is 0. The number of hydrogen-bond acceptors (Lipinski definition) is 5. The van der Waals surface area contributed by atoms with Gasteiger partial charge in [-0.1, -0.05) is 24.2 Å². The van der Waals surface area contributed by atoms with E-state index in [0.29, 0.717) is 0 Å². The Bertz CT molecular complexity index is 565. The summed E-state index contributed by atoms with van der Waals surface area (Å²) in [5.41, 5.74) is 2.40. The fourth-order valence-electron chi connectivity index (χ4n) is 3.32. The lowest BCUT2D eigenvalue weighted by atomic mass is 10.1. The molecular formula is C19H29N3O2. The van der Waals surface area contributed by atoms with Crippen LogP contribution in [-0.4, -0.2) is 55.5 Å². The second kappa shape index (κ2) is 7.88. The highest BCUT2D eigenvalue weighted by atomic mass is 16.6. The largest absolute Gasteiger partial charge is 0.489 e. The van der Waals surface area contributed by atoms with Gasteiger partial charge in [0.1, 0.15) is 11.9 Å². The Morgan fingerprint density at radius 1 is 1.21 bits per heavy atom. The molecule has 1 unspecified atom stereocenters. The maximum Gasteiger partial charge on any atom is 0.145 e. The molecule has 2 aliphatic heterocycles. The van der Waals surface area contributed by atoms with Gasteiger partial charge in [0.15, 0.2) is 0 Å². The first-order valence-corrected chi connectivity index (χ1v) is 9.10. The molecule has 0 saturated carbocycles. The van der Waals surface area contributed by atoms with Crippen LogP contribution in [0.25, 0.3) is 0 Å². The lowest BCUT2D eigenvalue weighted by molar-refractivity contribution is 0.0510. The molecule has 2 aliphatic rings. The molecule has 3 rings (SSSR count). The highest BCUT2D eigenvalue weighted by molar-refractivity contribution is 5.85. The highest BCUT2D eigenvalue weighted by Gasteiger charge is 2.26. The lowest BCUT2D eigenvalue weighted by Gasteiger charge is -2.37. The van der Waals surface area contributed by atoms with Crippen LogP contribution in [0.2, 0.25) is 0 Å². The number of para-hydroxylation sites is 2. The molecule has 0 radical (unpaired) electrons. The molecule has 0 aliphatic carbocycles. The van der Waals surface area contributed by atoms with Gasteiger partial charge in [-0.25, -0.2) is 0 Å². The van der Waals surface area contributed by atoms with E-state index in [-0.39, 0.29) is 12.2 Å². The zero-order valence-corrected chi connectivity index (χ0v) is 15.1. The van der Waals surface area contributed by atoms with Gasteiger partial charge in [0.05, 0.1) is 17.5 Å². The zero-order valence-electron chi connectivity index (χ0n) is 15.1. The van der Waals surface area contributed by atoms with Crippen LogP contribution in [0.4, 0.5) is 5.69 Å². The molecule has 0 bridgehead atoms. The van der Waals surface area contributed by atoms with Crippen LogP contribution in [0.1, 0.15) is 33.6 Å². The molecule has 5 nitrogen and oxygen atoms in total. The maximum atomic E-state index is 5.97. The summed E-state index contributed by atoms with van der Waals surface area (Å²) in [6, 6.07) is 8.36. The molecule has 2 heterocycles. The standard InChI is InChI=1S/C19H29N3O2/c1-4-16-13-17(24-20-16)14-21-9-11-22(12-10-21)18-7-5-6-8-19(18)23-15(2)3/h5-8,15,17H,4,9-14H2,1-3H3. The molecule has 1 atom stereocenters. The van der Waals surface area contributed by atoms with E-state index in [1.54, 1.807) is 0 Å². The van der Waals surface area contributed by atoms with Gasteiger partial charge in [0.2, 0.25) is 0 Å². The predicted molar refractivity (Wildman–Crippen MR) is 98.1 cm³/mol. The molecule has 24 heavy (non-hydrogen) atoms. The van der Waals surface area contributed by atoms with Crippen LogP contribution in [0.5, 0.6) is 5.75 Å². The van der Waals surface area contributed by atoms with E-state index in [0.717, 1.165) is 51.3 Å². The van der Waals surface area contributed by atoms with E-state index in [1.165, 1.54) is 11.4 Å². The number of rotatable bonds is 6. The average molecular weight is 331 g/mol. The number of ether oxygens (including phenoxy) is 1. The molecule has 1 saturated heterocycles. The summed E-state index contributed by atoms with van der Waals surface area (Å²) in [6.07, 6.45) is 2.42. The van der Waals surface area contributed by atoms with Crippen molar-refractivity contribution in [2.45, 2.75) is 45.8 Å². The first-order chi connectivity index (χ1) is 11.7. The highest BCUT2D eigenvalue weighted by Crippen LogP contribution is 2.29. The van der Waals surface area contributed by atoms with Crippen LogP contribution in [0.3, 0.4) is 0 Å². The van der Waals surface area contributed by atoms with Crippen molar-refractivity contribution in [3.8, 4) is 5.75 Å². The fourth-order valence-corrected chi connectivity index (χ4v) is 3.32. The fraction of sp³-hybridized carbons (Fsp3) is 0.632. The molecule has 0 aromatic heterocycles. The summed E-state index contributed by atoms with van der Waals surface area (Å²) < 4.78 is 5.97. The zero-order chi connectivity index (χ0) is 16.9. The van der Waals surface area contributed by atoms with Crippen molar-refractivity contribution in [2.24, 2.45) is 5.16 Å². The summed E-state index contributed by atoms with van der Waals surface area (Å²) in [7, 11) is 0. The van der Waals surface area contributed by atoms with E-state index >= 15 is 0 Å². The third-order valence-corrected chi connectivity index (χ3v) is 4.61. The van der Waals surface area contributed by atoms with Crippen molar-refractivity contribution in [3.63, 3.8) is 0 Å². The predicted octanol–water partition coefficient (Wildman–Crippen LogP) is 3.15. The summed E-state index contributed by atoms with van der Waals surface area (Å²) in [4.78, 5) is 10.5. The first kappa shape index (κ1) is 17.1. The maximum absolute atomic E-state index is 5.97.